The van der Waals surface area contributed by atoms with Gasteiger partial charge in [0.1, 0.15) is 23.9 Å². The van der Waals surface area contributed by atoms with E-state index in [1.807, 2.05) is 44.2 Å². The van der Waals surface area contributed by atoms with Gasteiger partial charge in [0.15, 0.2) is 6.61 Å². The number of hydrogen-bond donors (Lipinski definition) is 5. The molecule has 0 spiro atoms. The highest BCUT2D eigenvalue weighted by molar-refractivity contribution is 6.35. The van der Waals surface area contributed by atoms with Crippen LogP contribution in [0, 0.1) is 17.8 Å². The van der Waals surface area contributed by atoms with E-state index in [0.29, 0.717) is 17.9 Å². The maximum absolute atomic E-state index is 13.7. The van der Waals surface area contributed by atoms with E-state index in [1.165, 1.54) is 13.2 Å². The minimum atomic E-state index is -0.951. The minimum Gasteiger partial charge on any atom is -0.482 e. The number of nitrogens with one attached hydrogen (secondary N) is 4. The predicted molar refractivity (Wildman–Crippen MR) is 194 cm³/mol. The molecule has 0 bridgehead atoms. The summed E-state index contributed by atoms with van der Waals surface area (Å²) in [5.41, 5.74) is 7.47. The lowest BCUT2D eigenvalue weighted by Crippen LogP contribution is -2.58. The van der Waals surface area contributed by atoms with Crippen LogP contribution in [0.4, 0.5) is 0 Å². The molecule has 0 saturated carbocycles. The van der Waals surface area contributed by atoms with Gasteiger partial charge >= 0.3 is 5.97 Å². The number of esters is 1. The Balaban J connectivity index is 2.19. The summed E-state index contributed by atoms with van der Waals surface area (Å²) >= 11 is 12.1. The highest BCUT2D eigenvalue weighted by Crippen LogP contribution is 2.27. The molecule has 0 aliphatic carbocycles. The van der Waals surface area contributed by atoms with Gasteiger partial charge in [0.05, 0.1) is 12.1 Å². The van der Waals surface area contributed by atoms with E-state index < -0.39 is 66.4 Å². The second-order valence-corrected chi connectivity index (χ2v) is 13.9. The number of rotatable bonds is 19. The quantitative estimate of drug-likeness (QED) is 0.135. The molecule has 0 saturated heterocycles. The number of halogens is 2. The molecule has 50 heavy (non-hydrogen) atoms. The van der Waals surface area contributed by atoms with Gasteiger partial charge in [-0.3, -0.25) is 19.2 Å². The first-order chi connectivity index (χ1) is 23.6. The lowest BCUT2D eigenvalue weighted by molar-refractivity contribution is -0.147. The Labute approximate surface area is 304 Å². The second kappa shape index (κ2) is 20.7. The van der Waals surface area contributed by atoms with Crippen LogP contribution in [0.2, 0.25) is 10.0 Å². The van der Waals surface area contributed by atoms with Crippen LogP contribution in [0.5, 0.6) is 5.75 Å². The first-order valence-corrected chi connectivity index (χ1v) is 17.5. The lowest BCUT2D eigenvalue weighted by atomic mass is 9.94. The summed E-state index contributed by atoms with van der Waals surface area (Å²) < 4.78 is 10.4. The van der Waals surface area contributed by atoms with E-state index in [-0.39, 0.29) is 34.9 Å². The summed E-state index contributed by atoms with van der Waals surface area (Å²) in [6.45, 7) is 10.4. The largest absolute Gasteiger partial charge is 0.482 e. The molecule has 276 valence electrons. The van der Waals surface area contributed by atoms with Gasteiger partial charge in [-0.15, -0.1) is 0 Å². The lowest BCUT2D eigenvalue weighted by Gasteiger charge is -2.30. The fourth-order valence-corrected chi connectivity index (χ4v) is 5.56. The van der Waals surface area contributed by atoms with Gasteiger partial charge in [-0.05, 0) is 47.9 Å². The third-order valence-electron chi connectivity index (χ3n) is 8.31. The Morgan fingerprint density at radius 1 is 0.780 bits per heavy atom. The van der Waals surface area contributed by atoms with Crippen LogP contribution in [-0.2, 0) is 35.1 Å². The van der Waals surface area contributed by atoms with Crippen molar-refractivity contribution in [3.63, 3.8) is 0 Å². The van der Waals surface area contributed by atoms with Crippen LogP contribution >= 0.6 is 23.2 Å². The molecule has 14 heteroatoms. The Morgan fingerprint density at radius 3 is 1.94 bits per heavy atom. The number of benzene rings is 2. The first kappa shape index (κ1) is 42.3. The van der Waals surface area contributed by atoms with Gasteiger partial charge in [-0.2, -0.15) is 0 Å². The number of hydrogen-bond acceptors (Lipinski definition) is 8. The van der Waals surface area contributed by atoms with Gasteiger partial charge in [0.25, 0.3) is 5.91 Å². The van der Waals surface area contributed by atoms with Crippen molar-refractivity contribution in [2.24, 2.45) is 23.5 Å². The van der Waals surface area contributed by atoms with Crippen LogP contribution in [0.15, 0.2) is 48.5 Å². The molecule has 2 aromatic rings. The Bertz CT molecular complexity index is 1440. The van der Waals surface area contributed by atoms with E-state index in [4.69, 9.17) is 38.4 Å². The van der Waals surface area contributed by atoms with Crippen molar-refractivity contribution in [3.05, 3.63) is 64.1 Å². The fourth-order valence-electron chi connectivity index (χ4n) is 5.09. The second-order valence-electron chi connectivity index (χ2n) is 13.0. The van der Waals surface area contributed by atoms with Crippen molar-refractivity contribution >= 4 is 52.8 Å². The molecule has 0 aliphatic rings. The van der Waals surface area contributed by atoms with Crippen molar-refractivity contribution in [2.45, 2.75) is 91.0 Å². The molecular formula is C36H51Cl2N5O7. The predicted octanol–water partition coefficient (Wildman–Crippen LogP) is 3.80. The summed E-state index contributed by atoms with van der Waals surface area (Å²) in [4.78, 5) is 65.5. The molecule has 6 atom stereocenters. The van der Waals surface area contributed by atoms with Crippen LogP contribution in [0.1, 0.15) is 59.9 Å². The normalized spacial score (nSPS) is 14.8. The van der Waals surface area contributed by atoms with Crippen LogP contribution in [0.3, 0.4) is 0 Å². The Kier molecular flexibility index (Phi) is 17.5. The van der Waals surface area contributed by atoms with Gasteiger partial charge in [-0.25, -0.2) is 4.79 Å². The van der Waals surface area contributed by atoms with Crippen molar-refractivity contribution in [2.75, 3.05) is 13.7 Å². The number of carbonyl (C=O) groups is 5. The summed E-state index contributed by atoms with van der Waals surface area (Å²) in [7, 11) is 1.24. The maximum atomic E-state index is 13.7. The highest BCUT2D eigenvalue weighted by Gasteiger charge is 2.34. The topological polar surface area (TPSA) is 178 Å². The zero-order chi connectivity index (χ0) is 37.5. The molecule has 0 radical (unpaired) electrons. The zero-order valence-electron chi connectivity index (χ0n) is 29.8. The zero-order valence-corrected chi connectivity index (χ0v) is 31.3. The molecule has 2 rings (SSSR count). The summed E-state index contributed by atoms with van der Waals surface area (Å²) in [5, 5.41) is 11.8. The fraction of sp³-hybridized carbons (Fsp3) is 0.528. The van der Waals surface area contributed by atoms with Crippen molar-refractivity contribution in [3.8, 4) is 5.75 Å². The summed E-state index contributed by atoms with van der Waals surface area (Å²) in [6, 6.07) is 9.54. The molecule has 0 aromatic heterocycles. The Morgan fingerprint density at radius 2 is 1.38 bits per heavy atom. The minimum absolute atomic E-state index is 0.225. The van der Waals surface area contributed by atoms with E-state index in [9.17, 15) is 24.0 Å². The average Bonchev–Trinajstić information content (AvgIpc) is 3.07. The average molecular weight is 737 g/mol. The van der Waals surface area contributed by atoms with Crippen molar-refractivity contribution in [1.29, 1.82) is 0 Å². The third kappa shape index (κ3) is 13.4. The molecule has 2 unspecified atom stereocenters. The van der Waals surface area contributed by atoms with E-state index in [2.05, 4.69) is 21.3 Å². The summed E-state index contributed by atoms with van der Waals surface area (Å²) in [6.07, 6.45) is 0.640. The number of carbonyl (C=O) groups excluding carboxylic acids is 5. The SMILES string of the molecule is CC[C@H](C)[C@H](NC(=O)C[C@H](N)[C@H](Cc1ccccc1)NC(=O)C(NC(=O)COc1ccc(Cl)cc1Cl)C(C)C)C(=O)NC(C(=O)OC)C(C)C. The van der Waals surface area contributed by atoms with E-state index in [0.717, 1.165) is 5.56 Å². The van der Waals surface area contributed by atoms with Gasteiger partial charge in [0.2, 0.25) is 17.7 Å². The van der Waals surface area contributed by atoms with Crippen molar-refractivity contribution in [1.82, 2.24) is 21.3 Å². The number of amides is 4. The molecule has 0 fully saturated rings. The molecule has 12 nitrogen and oxygen atoms in total. The molecule has 0 heterocycles. The third-order valence-corrected chi connectivity index (χ3v) is 8.84. The number of nitrogens with two attached hydrogens (primary N) is 1. The van der Waals surface area contributed by atoms with Crippen molar-refractivity contribution < 1.29 is 33.4 Å². The van der Waals surface area contributed by atoms with Crippen LogP contribution in [0.25, 0.3) is 0 Å². The molecule has 0 aliphatic heterocycles. The standard InChI is InChI=1S/C36H51Cl2N5O7/c1-8-22(6)33(35(47)43-32(21(4)5)36(48)49-7)41-29(44)18-26(39)27(16-23-12-10-9-11-13-23)40-34(46)31(20(2)3)42-30(45)19-50-28-15-14-24(37)17-25(28)38/h9-15,17,20-22,26-27,31-33H,8,16,18-19,39H2,1-7H3,(H,40,46)(H,41,44)(H,42,45)(H,43,47)/t22-,26-,27-,31?,32?,33-/m0/s1. The molecular weight excluding hydrogens is 685 g/mol. The maximum Gasteiger partial charge on any atom is 0.328 e. The van der Waals surface area contributed by atoms with Gasteiger partial charge < -0.3 is 36.5 Å². The van der Waals surface area contributed by atoms with Crippen LogP contribution < -0.4 is 31.7 Å². The summed E-state index contributed by atoms with van der Waals surface area (Å²) in [5.74, 6) is -3.21. The molecule has 4 amide bonds. The van der Waals surface area contributed by atoms with Gasteiger partial charge in [-0.1, -0.05) is 101 Å². The number of methoxy groups -OCH3 is 1. The molecule has 6 N–H and O–H groups in total. The van der Waals surface area contributed by atoms with E-state index >= 15 is 0 Å². The monoisotopic (exact) mass is 735 g/mol. The van der Waals surface area contributed by atoms with Crippen LogP contribution in [-0.4, -0.2) is 73.5 Å². The smallest absolute Gasteiger partial charge is 0.328 e. The molecule has 2 aromatic carbocycles. The van der Waals surface area contributed by atoms with Gasteiger partial charge in [0, 0.05) is 23.5 Å². The number of ether oxygens (including phenoxy) is 2. The van der Waals surface area contributed by atoms with E-state index in [1.54, 1.807) is 39.8 Å². The highest BCUT2D eigenvalue weighted by atomic mass is 35.5. The Hall–Kier alpha value is -3.87. The first-order valence-electron chi connectivity index (χ1n) is 16.7.